The zero-order valence-corrected chi connectivity index (χ0v) is 13.5. The van der Waals surface area contributed by atoms with Crippen molar-refractivity contribution >= 4 is 5.91 Å². The maximum Gasteiger partial charge on any atom is 0.257 e. The van der Waals surface area contributed by atoms with Crippen molar-refractivity contribution in [1.82, 2.24) is 15.5 Å². The zero-order valence-electron chi connectivity index (χ0n) is 13.5. The third-order valence-electron chi connectivity index (χ3n) is 3.89. The summed E-state index contributed by atoms with van der Waals surface area (Å²) in [6.45, 7) is 2.27. The molecule has 0 saturated heterocycles. The Morgan fingerprint density at radius 1 is 1.20 bits per heavy atom. The molecule has 1 aliphatic heterocycles. The zero-order chi connectivity index (χ0) is 17.2. The number of aryl methyl sites for hydroxylation is 1. The van der Waals surface area contributed by atoms with Crippen molar-refractivity contribution in [2.45, 2.75) is 13.5 Å². The van der Waals surface area contributed by atoms with Crippen molar-refractivity contribution in [2.24, 2.45) is 0 Å². The third-order valence-corrected chi connectivity index (χ3v) is 3.89. The summed E-state index contributed by atoms with van der Waals surface area (Å²) in [6.07, 6.45) is 1.65. The lowest BCUT2D eigenvalue weighted by Gasteiger charge is -2.06. The number of hydrogen-bond donors (Lipinski definition) is 1. The van der Waals surface area contributed by atoms with Gasteiger partial charge in [0, 0.05) is 12.7 Å². The average molecular weight is 337 g/mol. The standard InChI is InChI=1S/C18H15N3O4/c1-11-16(17(21-25-11)13-4-2-3-7-19-13)18(22)20-9-12-5-6-14-15(8-12)24-10-23-14/h2-8H,9-10H2,1H3,(H,20,22). The van der Waals surface area contributed by atoms with Crippen molar-refractivity contribution in [3.05, 3.63) is 59.5 Å². The van der Waals surface area contributed by atoms with E-state index in [0.29, 0.717) is 40.8 Å². The fraction of sp³-hybridized carbons (Fsp3) is 0.167. The number of amides is 1. The van der Waals surface area contributed by atoms with Crippen LogP contribution in [0.4, 0.5) is 0 Å². The van der Waals surface area contributed by atoms with E-state index in [1.54, 1.807) is 25.3 Å². The third kappa shape index (κ3) is 2.91. The Hall–Kier alpha value is -3.35. The normalized spacial score (nSPS) is 12.2. The lowest BCUT2D eigenvalue weighted by Crippen LogP contribution is -2.23. The average Bonchev–Trinajstić information content (AvgIpc) is 3.26. The van der Waals surface area contributed by atoms with Crippen molar-refractivity contribution in [3.63, 3.8) is 0 Å². The molecular weight excluding hydrogens is 322 g/mol. The lowest BCUT2D eigenvalue weighted by atomic mass is 10.1. The van der Waals surface area contributed by atoms with Crippen molar-refractivity contribution in [1.29, 1.82) is 0 Å². The molecule has 7 nitrogen and oxygen atoms in total. The lowest BCUT2D eigenvalue weighted by molar-refractivity contribution is 0.0950. The van der Waals surface area contributed by atoms with Gasteiger partial charge in [0.1, 0.15) is 17.0 Å². The molecule has 7 heteroatoms. The second-order valence-corrected chi connectivity index (χ2v) is 5.55. The second kappa shape index (κ2) is 6.27. The maximum absolute atomic E-state index is 12.6. The van der Waals surface area contributed by atoms with E-state index in [1.807, 2.05) is 24.3 Å². The summed E-state index contributed by atoms with van der Waals surface area (Å²) in [5.41, 5.74) is 2.32. The molecule has 1 N–H and O–H groups in total. The molecule has 0 bridgehead atoms. The fourth-order valence-corrected chi connectivity index (χ4v) is 2.64. The Morgan fingerprint density at radius 3 is 2.92 bits per heavy atom. The first-order valence-corrected chi connectivity index (χ1v) is 7.77. The van der Waals surface area contributed by atoms with Crippen LogP contribution in [-0.4, -0.2) is 22.8 Å². The van der Waals surface area contributed by atoms with Gasteiger partial charge < -0.3 is 19.3 Å². The second-order valence-electron chi connectivity index (χ2n) is 5.55. The molecular formula is C18H15N3O4. The summed E-state index contributed by atoms with van der Waals surface area (Å²) in [7, 11) is 0. The molecule has 0 saturated carbocycles. The van der Waals surface area contributed by atoms with Crippen LogP contribution >= 0.6 is 0 Å². The number of nitrogens with zero attached hydrogens (tertiary/aromatic N) is 2. The Balaban J connectivity index is 1.53. The Morgan fingerprint density at radius 2 is 2.08 bits per heavy atom. The highest BCUT2D eigenvalue weighted by molar-refractivity contribution is 6.00. The molecule has 4 rings (SSSR count). The van der Waals surface area contributed by atoms with Crippen LogP contribution < -0.4 is 14.8 Å². The first-order chi connectivity index (χ1) is 12.2. The molecule has 0 radical (unpaired) electrons. The van der Waals surface area contributed by atoms with Gasteiger partial charge in [-0.05, 0) is 36.8 Å². The number of aromatic nitrogens is 2. The van der Waals surface area contributed by atoms with E-state index in [9.17, 15) is 4.79 Å². The van der Waals surface area contributed by atoms with Gasteiger partial charge in [-0.15, -0.1) is 0 Å². The molecule has 0 atom stereocenters. The van der Waals surface area contributed by atoms with Crippen molar-refractivity contribution in [2.75, 3.05) is 6.79 Å². The molecule has 0 unspecified atom stereocenters. The van der Waals surface area contributed by atoms with Crippen LogP contribution in [0.3, 0.4) is 0 Å². The van der Waals surface area contributed by atoms with Gasteiger partial charge in [0.25, 0.3) is 5.91 Å². The molecule has 3 aromatic rings. The quantitative estimate of drug-likeness (QED) is 0.788. The fourth-order valence-electron chi connectivity index (χ4n) is 2.64. The summed E-state index contributed by atoms with van der Waals surface area (Å²) < 4.78 is 15.8. The largest absolute Gasteiger partial charge is 0.454 e. The predicted molar refractivity (Wildman–Crippen MR) is 88.2 cm³/mol. The van der Waals surface area contributed by atoms with Crippen LogP contribution in [0.5, 0.6) is 11.5 Å². The molecule has 126 valence electrons. The van der Waals surface area contributed by atoms with E-state index < -0.39 is 0 Å². The van der Waals surface area contributed by atoms with Crippen LogP contribution in [-0.2, 0) is 6.54 Å². The minimum atomic E-state index is -0.267. The summed E-state index contributed by atoms with van der Waals surface area (Å²) in [5.74, 6) is 1.57. The molecule has 1 aromatic carbocycles. The van der Waals surface area contributed by atoms with Crippen LogP contribution in [0.1, 0.15) is 21.7 Å². The summed E-state index contributed by atoms with van der Waals surface area (Å²) in [5, 5.41) is 6.85. The van der Waals surface area contributed by atoms with Crippen LogP contribution in [0.25, 0.3) is 11.4 Å². The highest BCUT2D eigenvalue weighted by atomic mass is 16.7. The Bertz CT molecular complexity index is 921. The Kier molecular flexibility index (Phi) is 3.81. The van der Waals surface area contributed by atoms with E-state index in [1.165, 1.54) is 0 Å². The number of pyridine rings is 1. The van der Waals surface area contributed by atoms with E-state index in [0.717, 1.165) is 5.56 Å². The van der Waals surface area contributed by atoms with Gasteiger partial charge in [-0.2, -0.15) is 0 Å². The summed E-state index contributed by atoms with van der Waals surface area (Å²) in [6, 6.07) is 11.0. The number of benzene rings is 1. The molecule has 0 spiro atoms. The molecule has 25 heavy (non-hydrogen) atoms. The van der Waals surface area contributed by atoms with E-state index >= 15 is 0 Å². The molecule has 2 aromatic heterocycles. The van der Waals surface area contributed by atoms with Crippen molar-refractivity contribution in [3.8, 4) is 22.9 Å². The van der Waals surface area contributed by atoms with Crippen LogP contribution in [0, 0.1) is 6.92 Å². The monoisotopic (exact) mass is 337 g/mol. The van der Waals surface area contributed by atoms with Crippen molar-refractivity contribution < 1.29 is 18.8 Å². The topological polar surface area (TPSA) is 86.5 Å². The van der Waals surface area contributed by atoms with Gasteiger partial charge in [0.15, 0.2) is 11.5 Å². The van der Waals surface area contributed by atoms with Gasteiger partial charge in [-0.1, -0.05) is 17.3 Å². The number of fused-ring (bicyclic) bond motifs is 1. The van der Waals surface area contributed by atoms with E-state index in [2.05, 4.69) is 15.5 Å². The van der Waals surface area contributed by atoms with Gasteiger partial charge in [0.2, 0.25) is 6.79 Å². The van der Waals surface area contributed by atoms with Crippen LogP contribution in [0.2, 0.25) is 0 Å². The molecule has 1 amide bonds. The Labute approximate surface area is 143 Å². The highest BCUT2D eigenvalue weighted by Crippen LogP contribution is 2.32. The maximum atomic E-state index is 12.6. The van der Waals surface area contributed by atoms with E-state index in [4.69, 9.17) is 14.0 Å². The highest BCUT2D eigenvalue weighted by Gasteiger charge is 2.22. The predicted octanol–water partition coefficient (Wildman–Crippen LogP) is 2.70. The number of carbonyl (C=O) groups excluding carboxylic acids is 1. The summed E-state index contributed by atoms with van der Waals surface area (Å²) >= 11 is 0. The molecule has 0 fully saturated rings. The van der Waals surface area contributed by atoms with Gasteiger partial charge in [0.05, 0.1) is 5.69 Å². The SMILES string of the molecule is Cc1onc(-c2ccccn2)c1C(=O)NCc1ccc2c(c1)OCO2. The van der Waals surface area contributed by atoms with Gasteiger partial charge in [-0.3, -0.25) is 9.78 Å². The first kappa shape index (κ1) is 15.2. The number of ether oxygens (including phenoxy) is 2. The van der Waals surface area contributed by atoms with E-state index in [-0.39, 0.29) is 12.7 Å². The first-order valence-electron chi connectivity index (χ1n) is 7.77. The molecule has 0 aliphatic carbocycles. The molecule has 3 heterocycles. The molecule has 1 aliphatic rings. The van der Waals surface area contributed by atoms with Gasteiger partial charge >= 0.3 is 0 Å². The minimum absolute atomic E-state index is 0.221. The number of nitrogens with one attached hydrogen (secondary N) is 1. The summed E-state index contributed by atoms with van der Waals surface area (Å²) in [4.78, 5) is 16.9. The van der Waals surface area contributed by atoms with Gasteiger partial charge in [-0.25, -0.2) is 0 Å². The number of hydrogen-bond acceptors (Lipinski definition) is 6. The number of rotatable bonds is 4. The number of carbonyl (C=O) groups is 1. The minimum Gasteiger partial charge on any atom is -0.454 e. The smallest absolute Gasteiger partial charge is 0.257 e. The van der Waals surface area contributed by atoms with Crippen LogP contribution in [0.15, 0.2) is 47.1 Å².